The quantitative estimate of drug-likeness (QED) is 0.353. The van der Waals surface area contributed by atoms with Crippen molar-refractivity contribution < 1.29 is 4.39 Å². The minimum absolute atomic E-state index is 0.0642. The molecule has 7 nitrogen and oxygen atoms in total. The Labute approximate surface area is 214 Å². The molecule has 3 N–H and O–H groups in total. The fraction of sp³-hybridized carbons (Fsp3) is 0.391. The number of nitrogens with one attached hydrogen (secondary N) is 1. The minimum atomic E-state index is -0.280. The molecule has 0 radical (unpaired) electrons. The summed E-state index contributed by atoms with van der Waals surface area (Å²) in [5.41, 5.74) is 11.3. The van der Waals surface area contributed by atoms with Gasteiger partial charge < -0.3 is 25.3 Å². The summed E-state index contributed by atoms with van der Waals surface area (Å²) < 4.78 is 15.3. The molecule has 2 aliphatic heterocycles. The second kappa shape index (κ2) is 10.9. The summed E-state index contributed by atoms with van der Waals surface area (Å²) in [4.78, 5) is 8.89. The Hall–Kier alpha value is -2.33. The third-order valence-corrected chi connectivity index (χ3v) is 7.04. The average Bonchev–Trinajstić information content (AvgIpc) is 2.82. The molecule has 2 heterocycles. The van der Waals surface area contributed by atoms with E-state index >= 15 is 4.39 Å². The number of hydrazone groups is 1. The molecule has 0 amide bonds. The third kappa shape index (κ3) is 5.83. The summed E-state index contributed by atoms with van der Waals surface area (Å²) in [5, 5.41) is 5.20. The number of likely N-dealkylation sites (N-methyl/N-ethyl adjacent to an activating group) is 1. The van der Waals surface area contributed by atoms with Gasteiger partial charge in [0.1, 0.15) is 5.82 Å². The van der Waals surface area contributed by atoms with Gasteiger partial charge in [0.25, 0.3) is 0 Å². The Morgan fingerprint density at radius 2 is 1.56 bits per heavy atom. The molecular weight excluding hydrogens is 496 g/mol. The van der Waals surface area contributed by atoms with E-state index in [1.54, 1.807) is 18.3 Å². The van der Waals surface area contributed by atoms with E-state index in [0.29, 0.717) is 34.4 Å². The van der Waals surface area contributed by atoms with Crippen LogP contribution in [0.15, 0.2) is 35.4 Å². The first-order valence-corrected chi connectivity index (χ1v) is 12.3. The first-order chi connectivity index (χ1) is 16.3. The molecule has 11 heteroatoms. The van der Waals surface area contributed by atoms with Crippen molar-refractivity contribution in [2.45, 2.75) is 0 Å². The summed E-state index contributed by atoms with van der Waals surface area (Å²) >= 11 is 17.1. The fourth-order valence-electron chi connectivity index (χ4n) is 4.29. The predicted octanol–water partition coefficient (Wildman–Crippen LogP) is 3.38. The lowest BCUT2D eigenvalue weighted by atomic mass is 10.1. The van der Waals surface area contributed by atoms with Crippen LogP contribution >= 0.6 is 35.4 Å². The van der Waals surface area contributed by atoms with Crippen LogP contribution in [-0.4, -0.2) is 75.6 Å². The SMILES string of the molecule is CN1CCN(c2cc(N3CCN(c4ccc(Cl)c(Cl)c4)CC3)c(F)cc2C=NNC(N)=S)CC1. The van der Waals surface area contributed by atoms with E-state index in [2.05, 4.69) is 37.2 Å². The molecule has 0 saturated carbocycles. The van der Waals surface area contributed by atoms with Crippen LogP contribution in [0.25, 0.3) is 0 Å². The normalized spacial score (nSPS) is 17.5. The molecule has 2 aliphatic rings. The van der Waals surface area contributed by atoms with Gasteiger partial charge in [0.2, 0.25) is 0 Å². The van der Waals surface area contributed by atoms with E-state index in [1.165, 1.54) is 0 Å². The number of anilines is 3. The van der Waals surface area contributed by atoms with Crippen LogP contribution in [0.4, 0.5) is 21.5 Å². The van der Waals surface area contributed by atoms with Crippen molar-refractivity contribution >= 4 is 63.8 Å². The van der Waals surface area contributed by atoms with Gasteiger partial charge in [0, 0.05) is 69.3 Å². The number of hydrogen-bond donors (Lipinski definition) is 2. The first-order valence-electron chi connectivity index (χ1n) is 11.1. The molecule has 2 aromatic carbocycles. The summed E-state index contributed by atoms with van der Waals surface area (Å²) in [6, 6.07) is 9.13. The summed E-state index contributed by atoms with van der Waals surface area (Å²) in [5.74, 6) is -0.280. The van der Waals surface area contributed by atoms with E-state index in [0.717, 1.165) is 50.6 Å². The Morgan fingerprint density at radius 3 is 2.21 bits per heavy atom. The highest BCUT2D eigenvalue weighted by molar-refractivity contribution is 7.80. The lowest BCUT2D eigenvalue weighted by molar-refractivity contribution is 0.313. The molecule has 2 fully saturated rings. The van der Waals surface area contributed by atoms with Gasteiger partial charge in [-0.2, -0.15) is 5.10 Å². The van der Waals surface area contributed by atoms with Gasteiger partial charge in [-0.25, -0.2) is 4.39 Å². The zero-order valence-electron chi connectivity index (χ0n) is 19.0. The Morgan fingerprint density at radius 1 is 0.941 bits per heavy atom. The highest BCUT2D eigenvalue weighted by atomic mass is 35.5. The topological polar surface area (TPSA) is 63.4 Å². The van der Waals surface area contributed by atoms with Crippen LogP contribution in [0.1, 0.15) is 5.56 Å². The van der Waals surface area contributed by atoms with Gasteiger partial charge in [-0.1, -0.05) is 23.2 Å². The van der Waals surface area contributed by atoms with Gasteiger partial charge in [-0.05, 0) is 49.6 Å². The number of nitrogens with zero attached hydrogens (tertiary/aromatic N) is 5. The van der Waals surface area contributed by atoms with Crippen LogP contribution in [0.2, 0.25) is 10.0 Å². The first kappa shape index (κ1) is 24.8. The van der Waals surface area contributed by atoms with Gasteiger partial charge in [0.05, 0.1) is 21.9 Å². The highest BCUT2D eigenvalue weighted by Gasteiger charge is 2.24. The van der Waals surface area contributed by atoms with Crippen LogP contribution < -0.4 is 25.9 Å². The summed E-state index contributed by atoms with van der Waals surface area (Å²) in [7, 11) is 2.11. The number of benzene rings is 2. The van der Waals surface area contributed by atoms with E-state index in [4.69, 9.17) is 41.2 Å². The second-order valence-corrected chi connectivity index (χ2v) is 9.71. The van der Waals surface area contributed by atoms with E-state index in [-0.39, 0.29) is 10.9 Å². The number of hydrogen-bond acceptors (Lipinski definition) is 6. The van der Waals surface area contributed by atoms with Crippen molar-refractivity contribution in [2.24, 2.45) is 10.8 Å². The van der Waals surface area contributed by atoms with Crippen molar-refractivity contribution in [3.63, 3.8) is 0 Å². The molecule has 2 aromatic rings. The van der Waals surface area contributed by atoms with E-state index in [1.807, 2.05) is 18.2 Å². The second-order valence-electron chi connectivity index (χ2n) is 8.46. The fourth-order valence-corrected chi connectivity index (χ4v) is 4.63. The molecule has 2 saturated heterocycles. The Bertz CT molecular complexity index is 1070. The summed E-state index contributed by atoms with van der Waals surface area (Å²) in [6.07, 6.45) is 1.57. The molecular formula is C23H28Cl2FN7S. The molecule has 0 aromatic heterocycles. The van der Waals surface area contributed by atoms with E-state index < -0.39 is 0 Å². The van der Waals surface area contributed by atoms with Crippen LogP contribution in [0, 0.1) is 5.82 Å². The Kier molecular flexibility index (Phi) is 7.98. The van der Waals surface area contributed by atoms with Crippen molar-refractivity contribution in [1.29, 1.82) is 0 Å². The number of halogens is 3. The van der Waals surface area contributed by atoms with Gasteiger partial charge in [0.15, 0.2) is 5.11 Å². The van der Waals surface area contributed by atoms with Crippen LogP contribution in [0.5, 0.6) is 0 Å². The van der Waals surface area contributed by atoms with Crippen LogP contribution in [0.3, 0.4) is 0 Å². The minimum Gasteiger partial charge on any atom is -0.375 e. The monoisotopic (exact) mass is 523 g/mol. The maximum absolute atomic E-state index is 15.3. The van der Waals surface area contributed by atoms with Crippen LogP contribution in [-0.2, 0) is 0 Å². The Balaban J connectivity index is 1.55. The number of piperazine rings is 2. The largest absolute Gasteiger partial charge is 0.375 e. The van der Waals surface area contributed by atoms with Gasteiger partial charge in [-0.3, -0.25) is 5.43 Å². The van der Waals surface area contributed by atoms with Crippen molar-refractivity contribution in [3.8, 4) is 0 Å². The molecule has 0 bridgehead atoms. The molecule has 4 rings (SSSR count). The van der Waals surface area contributed by atoms with Crippen molar-refractivity contribution in [1.82, 2.24) is 10.3 Å². The summed E-state index contributed by atoms with van der Waals surface area (Å²) in [6.45, 7) is 6.48. The predicted molar refractivity (Wildman–Crippen MR) is 145 cm³/mol. The lowest BCUT2D eigenvalue weighted by Gasteiger charge is -2.39. The molecule has 34 heavy (non-hydrogen) atoms. The number of thiocarbonyl (C=S) groups is 1. The van der Waals surface area contributed by atoms with E-state index in [9.17, 15) is 0 Å². The molecule has 0 spiro atoms. The zero-order chi connectivity index (χ0) is 24.2. The molecule has 0 unspecified atom stereocenters. The molecule has 0 aliphatic carbocycles. The smallest absolute Gasteiger partial charge is 0.184 e. The third-order valence-electron chi connectivity index (χ3n) is 6.21. The molecule has 0 atom stereocenters. The zero-order valence-corrected chi connectivity index (χ0v) is 21.3. The number of nitrogens with two attached hydrogens (primary N) is 1. The average molecular weight is 524 g/mol. The van der Waals surface area contributed by atoms with Crippen molar-refractivity contribution in [3.05, 3.63) is 51.8 Å². The van der Waals surface area contributed by atoms with Gasteiger partial charge >= 0.3 is 0 Å². The maximum atomic E-state index is 15.3. The number of rotatable bonds is 5. The lowest BCUT2D eigenvalue weighted by Crippen LogP contribution is -2.47. The van der Waals surface area contributed by atoms with Crippen molar-refractivity contribution in [2.75, 3.05) is 74.1 Å². The highest BCUT2D eigenvalue weighted by Crippen LogP contribution is 2.32. The molecule has 182 valence electrons. The van der Waals surface area contributed by atoms with Gasteiger partial charge in [-0.15, -0.1) is 0 Å². The standard InChI is InChI=1S/C23H28Cl2FN7S/c1-30-4-6-32(7-5-30)21-14-22(20(26)12-16(21)15-28-29-23(27)34)33-10-8-31(9-11-33)17-2-3-18(24)19(25)13-17/h2-3,12-15H,4-11H2,1H3,(H3,27,29,34). The maximum Gasteiger partial charge on any atom is 0.184 e.